The summed E-state index contributed by atoms with van der Waals surface area (Å²) < 4.78 is 38.0. The van der Waals surface area contributed by atoms with Crippen molar-refractivity contribution < 1.29 is 13.2 Å². The summed E-state index contributed by atoms with van der Waals surface area (Å²) in [5.74, 6) is -0.130. The first-order chi connectivity index (χ1) is 15.9. The topological polar surface area (TPSA) is 101 Å². The molecule has 2 aromatic carbocycles. The predicted molar refractivity (Wildman–Crippen MR) is 125 cm³/mol. The number of hydrogen-bond donors (Lipinski definition) is 0. The number of sulfonamides is 1. The van der Waals surface area contributed by atoms with Gasteiger partial charge in [0.25, 0.3) is 5.91 Å². The molecule has 3 heterocycles. The van der Waals surface area contributed by atoms with E-state index >= 15 is 0 Å². The van der Waals surface area contributed by atoms with Crippen LogP contribution in [0, 0.1) is 13.8 Å². The minimum atomic E-state index is -3.74. The van der Waals surface area contributed by atoms with E-state index in [2.05, 4.69) is 13.8 Å². The molecule has 33 heavy (non-hydrogen) atoms. The molecule has 9 nitrogen and oxygen atoms in total. The van der Waals surface area contributed by atoms with Crippen LogP contribution in [0.1, 0.15) is 21.7 Å². The number of carbonyl (C=O) groups is 1. The van der Waals surface area contributed by atoms with Gasteiger partial charge < -0.3 is 4.90 Å². The maximum atomic E-state index is 13.3. The highest BCUT2D eigenvalue weighted by Gasteiger charge is 2.33. The average molecular weight is 483 g/mol. The third-order valence-electron chi connectivity index (χ3n) is 5.90. The number of carbonyl (C=O) groups excluding carboxylic acids is 1. The Bertz CT molecular complexity index is 1440. The first kappa shape index (κ1) is 21.7. The molecule has 1 aliphatic heterocycles. The predicted octanol–water partition coefficient (Wildman–Crippen LogP) is 2.64. The van der Waals surface area contributed by atoms with Crippen LogP contribution in [0.5, 0.6) is 0 Å². The van der Waals surface area contributed by atoms with Gasteiger partial charge in [0.15, 0.2) is 0 Å². The molecule has 0 atom stereocenters. The molecular weight excluding hydrogens is 460 g/mol. The normalized spacial score (nSPS) is 15.3. The molecule has 2 aromatic heterocycles. The Balaban J connectivity index is 1.35. The van der Waals surface area contributed by atoms with Crippen LogP contribution in [0.25, 0.3) is 16.7 Å². The van der Waals surface area contributed by atoms with Crippen LogP contribution in [-0.4, -0.2) is 68.2 Å². The van der Waals surface area contributed by atoms with Crippen molar-refractivity contribution in [1.82, 2.24) is 27.7 Å². The number of hydrogen-bond acceptors (Lipinski definition) is 7. The van der Waals surface area contributed by atoms with E-state index in [1.54, 1.807) is 27.8 Å². The highest BCUT2D eigenvalue weighted by Crippen LogP contribution is 2.26. The van der Waals surface area contributed by atoms with Crippen LogP contribution < -0.4 is 0 Å². The van der Waals surface area contributed by atoms with Gasteiger partial charge in [-0.3, -0.25) is 4.79 Å². The molecule has 1 aliphatic rings. The van der Waals surface area contributed by atoms with Crippen LogP contribution in [0.3, 0.4) is 0 Å². The number of piperazine rings is 1. The molecule has 5 rings (SSSR count). The largest absolute Gasteiger partial charge is 0.336 e. The highest BCUT2D eigenvalue weighted by molar-refractivity contribution is 7.89. The van der Waals surface area contributed by atoms with Crippen molar-refractivity contribution in [3.63, 3.8) is 0 Å². The summed E-state index contributed by atoms with van der Waals surface area (Å²) in [6.07, 6.45) is 0. The number of amides is 1. The second-order valence-electron chi connectivity index (χ2n) is 7.88. The standard InChI is InChI=1S/C22H22N6O3S2/c1-15-20(16(2)28(23-15)17-7-4-3-5-8-17)22(29)26-11-13-27(14-12-26)33(30,31)19-10-6-9-18-21(19)25-32-24-18/h3-10H,11-14H2,1-2H3. The fraction of sp³-hybridized carbons (Fsp3) is 0.273. The Morgan fingerprint density at radius 3 is 2.39 bits per heavy atom. The van der Waals surface area contributed by atoms with Crippen molar-refractivity contribution in [2.75, 3.05) is 26.2 Å². The molecule has 4 aromatic rings. The summed E-state index contributed by atoms with van der Waals surface area (Å²) in [6.45, 7) is 4.74. The molecule has 0 radical (unpaired) electrons. The van der Waals surface area contributed by atoms with Crippen LogP contribution in [0.4, 0.5) is 0 Å². The van der Waals surface area contributed by atoms with Gasteiger partial charge in [0.2, 0.25) is 10.0 Å². The van der Waals surface area contributed by atoms with E-state index in [0.29, 0.717) is 35.4 Å². The summed E-state index contributed by atoms with van der Waals surface area (Å²) >= 11 is 0.991. The second kappa shape index (κ2) is 8.32. The van der Waals surface area contributed by atoms with Crippen LogP contribution in [-0.2, 0) is 10.0 Å². The molecule has 0 bridgehead atoms. The minimum absolute atomic E-state index is 0.130. The van der Waals surface area contributed by atoms with Crippen molar-refractivity contribution >= 4 is 38.7 Å². The molecule has 0 unspecified atom stereocenters. The van der Waals surface area contributed by atoms with Gasteiger partial charge in [-0.25, -0.2) is 13.1 Å². The van der Waals surface area contributed by atoms with E-state index < -0.39 is 10.0 Å². The van der Waals surface area contributed by atoms with Crippen LogP contribution >= 0.6 is 11.7 Å². The lowest BCUT2D eigenvalue weighted by Gasteiger charge is -2.34. The lowest BCUT2D eigenvalue weighted by Crippen LogP contribution is -2.50. The Hall–Kier alpha value is -3.15. The van der Waals surface area contributed by atoms with Gasteiger partial charge in [-0.05, 0) is 38.1 Å². The van der Waals surface area contributed by atoms with Gasteiger partial charge in [0, 0.05) is 26.2 Å². The van der Waals surface area contributed by atoms with E-state index in [-0.39, 0.29) is 23.9 Å². The molecule has 0 spiro atoms. The number of rotatable bonds is 4. The fourth-order valence-corrected chi connectivity index (χ4v) is 6.37. The Morgan fingerprint density at radius 2 is 1.67 bits per heavy atom. The number of para-hydroxylation sites is 1. The van der Waals surface area contributed by atoms with Crippen LogP contribution in [0.15, 0.2) is 53.4 Å². The van der Waals surface area contributed by atoms with Gasteiger partial charge in [0.05, 0.1) is 34.4 Å². The first-order valence-corrected chi connectivity index (χ1v) is 12.7. The zero-order valence-electron chi connectivity index (χ0n) is 18.2. The van der Waals surface area contributed by atoms with Crippen molar-refractivity contribution in [2.24, 2.45) is 0 Å². The van der Waals surface area contributed by atoms with E-state index in [4.69, 9.17) is 0 Å². The van der Waals surface area contributed by atoms with Gasteiger partial charge in [0.1, 0.15) is 15.9 Å². The van der Waals surface area contributed by atoms with E-state index in [1.165, 1.54) is 4.31 Å². The molecule has 1 saturated heterocycles. The lowest BCUT2D eigenvalue weighted by molar-refractivity contribution is 0.0696. The quantitative estimate of drug-likeness (QED) is 0.443. The number of aryl methyl sites for hydroxylation is 1. The van der Waals surface area contributed by atoms with Gasteiger partial charge >= 0.3 is 0 Å². The molecular formula is C22H22N6O3S2. The third-order valence-corrected chi connectivity index (χ3v) is 8.37. The molecule has 11 heteroatoms. The number of aromatic nitrogens is 4. The summed E-state index contributed by atoms with van der Waals surface area (Å²) in [6, 6.07) is 14.6. The lowest BCUT2D eigenvalue weighted by atomic mass is 10.1. The van der Waals surface area contributed by atoms with E-state index in [9.17, 15) is 13.2 Å². The zero-order valence-corrected chi connectivity index (χ0v) is 19.8. The summed E-state index contributed by atoms with van der Waals surface area (Å²) in [5.41, 5.74) is 3.82. The van der Waals surface area contributed by atoms with E-state index in [0.717, 1.165) is 23.1 Å². The number of nitrogens with zero attached hydrogens (tertiary/aromatic N) is 6. The summed E-state index contributed by atoms with van der Waals surface area (Å²) in [4.78, 5) is 15.2. The van der Waals surface area contributed by atoms with Crippen molar-refractivity contribution in [3.8, 4) is 5.69 Å². The van der Waals surface area contributed by atoms with Gasteiger partial charge in [-0.2, -0.15) is 18.2 Å². The van der Waals surface area contributed by atoms with Gasteiger partial charge in [-0.1, -0.05) is 24.3 Å². The number of benzene rings is 2. The average Bonchev–Trinajstić information content (AvgIpc) is 3.43. The minimum Gasteiger partial charge on any atom is -0.336 e. The van der Waals surface area contributed by atoms with Crippen molar-refractivity contribution in [2.45, 2.75) is 18.7 Å². The Morgan fingerprint density at radius 1 is 0.939 bits per heavy atom. The third kappa shape index (κ3) is 3.71. The Kier molecular flexibility index (Phi) is 5.47. The summed E-state index contributed by atoms with van der Waals surface area (Å²) in [7, 11) is -3.74. The highest BCUT2D eigenvalue weighted by atomic mass is 32.2. The molecule has 1 amide bonds. The smallest absolute Gasteiger partial charge is 0.257 e. The maximum Gasteiger partial charge on any atom is 0.257 e. The molecule has 0 saturated carbocycles. The monoisotopic (exact) mass is 482 g/mol. The van der Waals surface area contributed by atoms with Crippen molar-refractivity contribution in [3.05, 3.63) is 65.5 Å². The second-order valence-corrected chi connectivity index (χ2v) is 10.3. The van der Waals surface area contributed by atoms with Crippen LogP contribution in [0.2, 0.25) is 0 Å². The van der Waals surface area contributed by atoms with Gasteiger partial charge in [-0.15, -0.1) is 0 Å². The first-order valence-electron chi connectivity index (χ1n) is 10.5. The summed E-state index contributed by atoms with van der Waals surface area (Å²) in [5, 5.41) is 4.57. The van der Waals surface area contributed by atoms with Crippen molar-refractivity contribution in [1.29, 1.82) is 0 Å². The number of fused-ring (bicyclic) bond motifs is 1. The molecule has 0 N–H and O–H groups in total. The maximum absolute atomic E-state index is 13.3. The SMILES string of the molecule is Cc1nn(-c2ccccc2)c(C)c1C(=O)N1CCN(S(=O)(=O)c2cccc3nsnc23)CC1. The zero-order chi connectivity index (χ0) is 23.2. The van der Waals surface area contributed by atoms with E-state index in [1.807, 2.05) is 44.2 Å². The fourth-order valence-electron chi connectivity index (χ4n) is 4.19. The molecule has 1 fully saturated rings. The Labute approximate surface area is 195 Å². The molecule has 0 aliphatic carbocycles. The molecule has 170 valence electrons.